The van der Waals surface area contributed by atoms with Crippen LogP contribution in [0.1, 0.15) is 102 Å². The van der Waals surface area contributed by atoms with E-state index in [4.69, 9.17) is 9.84 Å². The minimum Gasteiger partial charge on any atom is -0.479 e. The maximum absolute atomic E-state index is 10.5. The summed E-state index contributed by atoms with van der Waals surface area (Å²) in [6.07, 6.45) is 16.6. The van der Waals surface area contributed by atoms with Crippen molar-refractivity contribution >= 4 is 5.97 Å². The van der Waals surface area contributed by atoms with Crippen molar-refractivity contribution in [2.24, 2.45) is 0 Å². The molecule has 0 aliphatic rings. The van der Waals surface area contributed by atoms with E-state index in [-0.39, 0.29) is 0 Å². The van der Waals surface area contributed by atoms with Gasteiger partial charge in [-0.1, -0.05) is 114 Å². The van der Waals surface area contributed by atoms with E-state index in [1.807, 2.05) is 6.07 Å². The molecule has 4 heteroatoms. The molecular weight excluding hydrogens is 364 g/mol. The van der Waals surface area contributed by atoms with Crippen molar-refractivity contribution in [2.75, 3.05) is 6.61 Å². The van der Waals surface area contributed by atoms with Crippen LogP contribution in [0.4, 0.5) is 0 Å². The number of unbranched alkanes of at least 4 members (excludes halogenated alkanes) is 13. The summed E-state index contributed by atoms with van der Waals surface area (Å²) in [6, 6.07) is 10.4. The first-order chi connectivity index (χ1) is 14.2. The van der Waals surface area contributed by atoms with Crippen molar-refractivity contribution in [1.82, 2.24) is 0 Å². The molecule has 29 heavy (non-hydrogen) atoms. The number of hydrogen-bond donors (Lipinski definition) is 2. The predicted octanol–water partition coefficient (Wildman–Crippen LogP) is 6.50. The molecule has 0 saturated carbocycles. The van der Waals surface area contributed by atoms with Crippen molar-refractivity contribution in [3.05, 3.63) is 35.9 Å². The van der Waals surface area contributed by atoms with Crippen molar-refractivity contribution in [3.63, 3.8) is 0 Å². The standard InChI is InChI=1S/C25H42O4/c26-24(25(27)28)20-16-11-9-7-5-3-1-2-4-6-8-10-12-17-21-29-22-23-18-14-13-15-19-23/h13-15,18-19,24,26H,1-12,16-17,20-22H2,(H,27,28). The summed E-state index contributed by atoms with van der Waals surface area (Å²) in [5.41, 5.74) is 1.25. The zero-order chi connectivity index (χ0) is 21.0. The Balaban J connectivity index is 1.70. The second-order valence-corrected chi connectivity index (χ2v) is 8.13. The highest BCUT2D eigenvalue weighted by atomic mass is 16.5. The number of carboxylic acids is 1. The summed E-state index contributed by atoms with van der Waals surface area (Å²) in [5, 5.41) is 17.8. The molecule has 0 aliphatic carbocycles. The highest BCUT2D eigenvalue weighted by Gasteiger charge is 2.11. The fourth-order valence-electron chi connectivity index (χ4n) is 3.55. The molecule has 0 spiro atoms. The van der Waals surface area contributed by atoms with Gasteiger partial charge in [0, 0.05) is 6.61 Å². The smallest absolute Gasteiger partial charge is 0.332 e. The Morgan fingerprint density at radius 1 is 0.724 bits per heavy atom. The Bertz CT molecular complexity index is 489. The van der Waals surface area contributed by atoms with Crippen molar-refractivity contribution in [3.8, 4) is 0 Å². The summed E-state index contributed by atoms with van der Waals surface area (Å²) in [4.78, 5) is 10.5. The number of aliphatic hydroxyl groups is 1. The fourth-order valence-corrected chi connectivity index (χ4v) is 3.55. The monoisotopic (exact) mass is 406 g/mol. The second kappa shape index (κ2) is 18.6. The van der Waals surface area contributed by atoms with Gasteiger partial charge in [0.15, 0.2) is 6.10 Å². The Kier molecular flexibility index (Phi) is 16.5. The van der Waals surface area contributed by atoms with Crippen molar-refractivity contribution < 1.29 is 19.7 Å². The quantitative estimate of drug-likeness (QED) is 0.243. The molecule has 1 aromatic rings. The zero-order valence-corrected chi connectivity index (χ0v) is 18.2. The van der Waals surface area contributed by atoms with Crippen LogP contribution in [0.2, 0.25) is 0 Å². The molecular formula is C25H42O4. The molecule has 2 N–H and O–H groups in total. The van der Waals surface area contributed by atoms with Gasteiger partial charge in [0.05, 0.1) is 6.61 Å². The van der Waals surface area contributed by atoms with Crippen LogP contribution in [0.25, 0.3) is 0 Å². The van der Waals surface area contributed by atoms with Crippen LogP contribution in [-0.4, -0.2) is 28.9 Å². The van der Waals surface area contributed by atoms with E-state index in [2.05, 4.69) is 24.3 Å². The Morgan fingerprint density at radius 2 is 1.17 bits per heavy atom. The first-order valence-electron chi connectivity index (χ1n) is 11.7. The van der Waals surface area contributed by atoms with E-state index < -0.39 is 12.1 Å². The summed E-state index contributed by atoms with van der Waals surface area (Å²) >= 11 is 0. The minimum atomic E-state index is -1.18. The fraction of sp³-hybridized carbons (Fsp3) is 0.720. The lowest BCUT2D eigenvalue weighted by atomic mass is 10.0. The molecule has 1 rings (SSSR count). The lowest BCUT2D eigenvalue weighted by molar-refractivity contribution is -0.146. The number of carboxylic acid groups (broad SMARTS) is 1. The number of hydrogen-bond acceptors (Lipinski definition) is 3. The molecule has 1 atom stereocenters. The van der Waals surface area contributed by atoms with Gasteiger partial charge in [0.1, 0.15) is 0 Å². The molecule has 0 fully saturated rings. The van der Waals surface area contributed by atoms with Crippen molar-refractivity contribution in [1.29, 1.82) is 0 Å². The topological polar surface area (TPSA) is 66.8 Å². The Morgan fingerprint density at radius 3 is 1.66 bits per heavy atom. The van der Waals surface area contributed by atoms with Gasteiger partial charge in [-0.05, 0) is 18.4 Å². The van der Waals surface area contributed by atoms with Gasteiger partial charge in [-0.3, -0.25) is 0 Å². The largest absolute Gasteiger partial charge is 0.479 e. The maximum atomic E-state index is 10.5. The molecule has 166 valence electrons. The normalized spacial score (nSPS) is 12.2. The molecule has 0 amide bonds. The van der Waals surface area contributed by atoms with Crippen LogP contribution in [0.5, 0.6) is 0 Å². The van der Waals surface area contributed by atoms with Crippen LogP contribution in [-0.2, 0) is 16.1 Å². The SMILES string of the molecule is O=C(O)C(O)CCCCCCCCCCCCCCCCOCc1ccccc1. The molecule has 1 unspecified atom stereocenters. The van der Waals surface area contributed by atoms with Gasteiger partial charge in [0.2, 0.25) is 0 Å². The number of carbonyl (C=O) groups is 1. The average Bonchev–Trinajstić information content (AvgIpc) is 2.73. The number of aliphatic carboxylic acids is 1. The number of aliphatic hydroxyl groups excluding tert-OH is 1. The second-order valence-electron chi connectivity index (χ2n) is 8.13. The van der Waals surface area contributed by atoms with E-state index >= 15 is 0 Å². The van der Waals surface area contributed by atoms with Gasteiger partial charge in [0.25, 0.3) is 0 Å². The summed E-state index contributed by atoms with van der Waals surface area (Å²) in [5.74, 6) is -1.10. The van der Waals surface area contributed by atoms with E-state index in [9.17, 15) is 9.90 Å². The van der Waals surface area contributed by atoms with Gasteiger partial charge in [-0.2, -0.15) is 0 Å². The maximum Gasteiger partial charge on any atom is 0.332 e. The third-order valence-electron chi connectivity index (χ3n) is 5.41. The van der Waals surface area contributed by atoms with Crippen LogP contribution in [0, 0.1) is 0 Å². The van der Waals surface area contributed by atoms with Crippen LogP contribution in [0.3, 0.4) is 0 Å². The number of ether oxygens (including phenoxy) is 1. The Labute approximate surface area is 177 Å². The Hall–Kier alpha value is -1.39. The van der Waals surface area contributed by atoms with Crippen molar-refractivity contribution in [2.45, 2.75) is 109 Å². The molecule has 0 aromatic heterocycles. The average molecular weight is 407 g/mol. The highest BCUT2D eigenvalue weighted by molar-refractivity contribution is 5.71. The first kappa shape index (κ1) is 25.6. The third kappa shape index (κ3) is 16.1. The number of rotatable bonds is 20. The van der Waals surface area contributed by atoms with Gasteiger partial charge in [-0.15, -0.1) is 0 Å². The summed E-state index contributed by atoms with van der Waals surface area (Å²) < 4.78 is 5.72. The van der Waals surface area contributed by atoms with E-state index in [0.29, 0.717) is 6.42 Å². The van der Waals surface area contributed by atoms with Gasteiger partial charge < -0.3 is 14.9 Å². The summed E-state index contributed by atoms with van der Waals surface area (Å²) in [7, 11) is 0. The molecule has 4 nitrogen and oxygen atoms in total. The van der Waals surface area contributed by atoms with E-state index in [1.54, 1.807) is 0 Å². The summed E-state index contributed by atoms with van der Waals surface area (Å²) in [6.45, 7) is 1.60. The van der Waals surface area contributed by atoms with Gasteiger partial charge >= 0.3 is 5.97 Å². The first-order valence-corrected chi connectivity index (χ1v) is 11.7. The lowest BCUT2D eigenvalue weighted by Gasteiger charge is -2.06. The lowest BCUT2D eigenvalue weighted by Crippen LogP contribution is -2.18. The van der Waals surface area contributed by atoms with Crippen LogP contribution in [0.15, 0.2) is 30.3 Å². The third-order valence-corrected chi connectivity index (χ3v) is 5.41. The minimum absolute atomic E-state index is 0.385. The number of benzene rings is 1. The highest BCUT2D eigenvalue weighted by Crippen LogP contribution is 2.14. The predicted molar refractivity (Wildman–Crippen MR) is 119 cm³/mol. The zero-order valence-electron chi connectivity index (χ0n) is 18.2. The van der Waals surface area contributed by atoms with E-state index in [1.165, 1.54) is 76.2 Å². The molecule has 0 aliphatic heterocycles. The molecule has 0 bridgehead atoms. The molecule has 1 aromatic carbocycles. The molecule has 0 saturated heterocycles. The molecule has 0 radical (unpaired) electrons. The van der Waals surface area contributed by atoms with Gasteiger partial charge in [-0.25, -0.2) is 4.79 Å². The van der Waals surface area contributed by atoms with E-state index in [0.717, 1.165) is 32.5 Å². The van der Waals surface area contributed by atoms with Crippen LogP contribution >= 0.6 is 0 Å². The van der Waals surface area contributed by atoms with Crippen LogP contribution < -0.4 is 0 Å². The molecule has 0 heterocycles.